The average molecular weight is 543 g/mol. The number of ether oxygens (including phenoxy) is 2. The first-order chi connectivity index (χ1) is 14.4. The molecule has 0 aliphatic heterocycles. The predicted molar refractivity (Wildman–Crippen MR) is 122 cm³/mol. The van der Waals surface area contributed by atoms with Gasteiger partial charge in [0.25, 0.3) is 5.69 Å². The van der Waals surface area contributed by atoms with Gasteiger partial charge in [-0.1, -0.05) is 11.6 Å². The highest BCUT2D eigenvalue weighted by atomic mass is 127. The largest absolute Gasteiger partial charge is 0.493 e. The molecular weight excluding hydrogens is 526 g/mol. The molecule has 3 aromatic carbocycles. The van der Waals surface area contributed by atoms with Gasteiger partial charge < -0.3 is 14.8 Å². The average Bonchev–Trinajstić information content (AvgIpc) is 2.73. The van der Waals surface area contributed by atoms with Crippen LogP contribution in [0.4, 0.5) is 15.8 Å². The van der Waals surface area contributed by atoms with Crippen LogP contribution in [0.3, 0.4) is 0 Å². The second-order valence-corrected chi connectivity index (χ2v) is 7.87. The Morgan fingerprint density at radius 3 is 2.50 bits per heavy atom. The van der Waals surface area contributed by atoms with Gasteiger partial charge in [0.05, 0.1) is 20.6 Å². The third-order valence-electron chi connectivity index (χ3n) is 4.24. The van der Waals surface area contributed by atoms with Crippen LogP contribution < -0.4 is 14.8 Å². The van der Waals surface area contributed by atoms with Gasteiger partial charge in [0.15, 0.2) is 11.5 Å². The number of nitrogens with one attached hydrogen (secondary N) is 1. The molecular formula is C21H17ClFIN2O4. The Bertz CT molecular complexity index is 1060. The fraction of sp³-hybridized carbons (Fsp3) is 0.143. The SMILES string of the molecule is COc1cc(CNc2ccc(F)c(Cl)c2)cc(I)c1OCc1ccc([N+](=O)[O-])cc1. The van der Waals surface area contributed by atoms with Gasteiger partial charge in [-0.05, 0) is 76.2 Å². The minimum absolute atomic E-state index is 0.0326. The smallest absolute Gasteiger partial charge is 0.269 e. The number of methoxy groups -OCH3 is 1. The highest BCUT2D eigenvalue weighted by Gasteiger charge is 2.13. The molecule has 0 heterocycles. The van der Waals surface area contributed by atoms with E-state index in [1.807, 2.05) is 12.1 Å². The van der Waals surface area contributed by atoms with Crippen molar-refractivity contribution in [3.8, 4) is 11.5 Å². The molecule has 0 fully saturated rings. The Kier molecular flexibility index (Phi) is 7.33. The lowest BCUT2D eigenvalue weighted by atomic mass is 10.2. The summed E-state index contributed by atoms with van der Waals surface area (Å²) in [4.78, 5) is 10.3. The molecule has 0 aliphatic rings. The number of non-ortho nitro benzene ring substituents is 1. The van der Waals surface area contributed by atoms with Crippen molar-refractivity contribution in [3.63, 3.8) is 0 Å². The monoisotopic (exact) mass is 542 g/mol. The standard InChI is InChI=1S/C21H17ClFIN2O4/c1-29-20-9-14(11-25-15-4-7-18(23)17(22)10-15)8-19(24)21(20)30-12-13-2-5-16(6-3-13)26(27)28/h2-10,25H,11-12H2,1H3. The van der Waals surface area contributed by atoms with Crippen LogP contribution in [0.2, 0.25) is 5.02 Å². The number of anilines is 1. The van der Waals surface area contributed by atoms with Crippen molar-refractivity contribution < 1.29 is 18.8 Å². The molecule has 0 atom stereocenters. The first-order valence-corrected chi connectivity index (χ1v) is 10.2. The lowest BCUT2D eigenvalue weighted by Crippen LogP contribution is -2.04. The van der Waals surface area contributed by atoms with Crippen LogP contribution in [0.15, 0.2) is 54.6 Å². The third kappa shape index (κ3) is 5.51. The van der Waals surface area contributed by atoms with Gasteiger partial charge in [-0.3, -0.25) is 10.1 Å². The van der Waals surface area contributed by atoms with E-state index in [1.54, 1.807) is 25.3 Å². The minimum Gasteiger partial charge on any atom is -0.493 e. The quantitative estimate of drug-likeness (QED) is 0.209. The first-order valence-electron chi connectivity index (χ1n) is 8.79. The third-order valence-corrected chi connectivity index (χ3v) is 5.33. The molecule has 9 heteroatoms. The molecule has 1 N–H and O–H groups in total. The van der Waals surface area contributed by atoms with E-state index in [1.165, 1.54) is 24.3 Å². The van der Waals surface area contributed by atoms with E-state index in [4.69, 9.17) is 21.1 Å². The van der Waals surface area contributed by atoms with Gasteiger partial charge in [-0.2, -0.15) is 0 Å². The van der Waals surface area contributed by atoms with Gasteiger partial charge in [-0.15, -0.1) is 0 Å². The van der Waals surface area contributed by atoms with Crippen molar-refractivity contribution in [1.82, 2.24) is 0 Å². The first kappa shape index (κ1) is 22.1. The van der Waals surface area contributed by atoms with E-state index in [0.29, 0.717) is 23.7 Å². The molecule has 156 valence electrons. The number of nitro groups is 1. The van der Waals surface area contributed by atoms with E-state index in [2.05, 4.69) is 27.9 Å². The molecule has 0 bridgehead atoms. The van der Waals surface area contributed by atoms with Crippen molar-refractivity contribution >= 4 is 45.6 Å². The zero-order chi connectivity index (χ0) is 21.7. The normalized spacial score (nSPS) is 10.5. The minimum atomic E-state index is -0.465. The summed E-state index contributed by atoms with van der Waals surface area (Å²) in [6.45, 7) is 0.729. The molecule has 3 rings (SSSR count). The fourth-order valence-electron chi connectivity index (χ4n) is 2.69. The highest BCUT2D eigenvalue weighted by molar-refractivity contribution is 14.1. The fourth-order valence-corrected chi connectivity index (χ4v) is 3.70. The van der Waals surface area contributed by atoms with Crippen LogP contribution in [-0.4, -0.2) is 12.0 Å². The van der Waals surface area contributed by atoms with Crippen molar-refractivity contribution in [2.45, 2.75) is 13.2 Å². The van der Waals surface area contributed by atoms with Crippen LogP contribution in [0.25, 0.3) is 0 Å². The number of hydrogen-bond donors (Lipinski definition) is 1. The van der Waals surface area contributed by atoms with Gasteiger partial charge in [-0.25, -0.2) is 4.39 Å². The molecule has 0 amide bonds. The summed E-state index contributed by atoms with van der Waals surface area (Å²) in [5.41, 5.74) is 2.48. The van der Waals surface area contributed by atoms with E-state index in [0.717, 1.165) is 14.7 Å². The number of rotatable bonds is 8. The van der Waals surface area contributed by atoms with Gasteiger partial charge in [0.1, 0.15) is 12.4 Å². The zero-order valence-corrected chi connectivity index (χ0v) is 18.7. The van der Waals surface area contributed by atoms with Crippen molar-refractivity contribution in [3.05, 3.63) is 90.2 Å². The number of halogens is 3. The van der Waals surface area contributed by atoms with E-state index >= 15 is 0 Å². The van der Waals surface area contributed by atoms with Crippen LogP contribution in [0.5, 0.6) is 11.5 Å². The molecule has 0 saturated carbocycles. The topological polar surface area (TPSA) is 73.6 Å². The Labute approximate surface area is 191 Å². The Balaban J connectivity index is 1.70. The van der Waals surface area contributed by atoms with Crippen LogP contribution in [0.1, 0.15) is 11.1 Å². The molecule has 6 nitrogen and oxygen atoms in total. The second-order valence-electron chi connectivity index (χ2n) is 6.30. The Morgan fingerprint density at radius 2 is 1.87 bits per heavy atom. The van der Waals surface area contributed by atoms with E-state index in [9.17, 15) is 14.5 Å². The molecule has 0 unspecified atom stereocenters. The lowest BCUT2D eigenvalue weighted by Gasteiger charge is -2.15. The number of benzene rings is 3. The Morgan fingerprint density at radius 1 is 1.13 bits per heavy atom. The van der Waals surface area contributed by atoms with Gasteiger partial charge in [0.2, 0.25) is 0 Å². The second kappa shape index (κ2) is 9.94. The highest BCUT2D eigenvalue weighted by Crippen LogP contribution is 2.35. The predicted octanol–water partition coefficient (Wildman–Crippen LogP) is 6.19. The summed E-state index contributed by atoms with van der Waals surface area (Å²) in [7, 11) is 1.56. The van der Waals surface area contributed by atoms with Gasteiger partial charge in [0, 0.05) is 24.4 Å². The maximum Gasteiger partial charge on any atom is 0.269 e. The van der Waals surface area contributed by atoms with E-state index in [-0.39, 0.29) is 17.3 Å². The summed E-state index contributed by atoms with van der Waals surface area (Å²) in [5, 5.41) is 14.0. The van der Waals surface area contributed by atoms with Crippen molar-refractivity contribution in [2.75, 3.05) is 12.4 Å². The van der Waals surface area contributed by atoms with Crippen LogP contribution in [0, 0.1) is 19.5 Å². The van der Waals surface area contributed by atoms with Crippen LogP contribution in [-0.2, 0) is 13.2 Å². The summed E-state index contributed by atoms with van der Waals surface area (Å²) in [6, 6.07) is 14.5. The van der Waals surface area contributed by atoms with Crippen LogP contribution >= 0.6 is 34.2 Å². The number of nitro benzene ring substituents is 1. The molecule has 0 aromatic heterocycles. The molecule has 0 aliphatic carbocycles. The van der Waals surface area contributed by atoms with Gasteiger partial charge >= 0.3 is 0 Å². The Hall–Kier alpha value is -2.59. The maximum absolute atomic E-state index is 13.3. The summed E-state index contributed by atoms with van der Waals surface area (Å²) >= 11 is 7.98. The lowest BCUT2D eigenvalue weighted by molar-refractivity contribution is -0.384. The maximum atomic E-state index is 13.3. The molecule has 30 heavy (non-hydrogen) atoms. The summed E-state index contributed by atoms with van der Waals surface area (Å²) < 4.78 is 25.5. The number of hydrogen-bond acceptors (Lipinski definition) is 5. The summed E-state index contributed by atoms with van der Waals surface area (Å²) in [6.07, 6.45) is 0. The number of nitrogens with zero attached hydrogens (tertiary/aromatic N) is 1. The molecule has 0 radical (unpaired) electrons. The zero-order valence-electron chi connectivity index (χ0n) is 15.8. The summed E-state index contributed by atoms with van der Waals surface area (Å²) in [5.74, 6) is 0.690. The van der Waals surface area contributed by atoms with E-state index < -0.39 is 10.7 Å². The van der Waals surface area contributed by atoms with Crippen molar-refractivity contribution in [2.24, 2.45) is 0 Å². The molecule has 0 spiro atoms. The molecule has 0 saturated heterocycles. The molecule has 3 aromatic rings. The van der Waals surface area contributed by atoms with Crippen molar-refractivity contribution in [1.29, 1.82) is 0 Å².